The van der Waals surface area contributed by atoms with E-state index in [1.165, 1.54) is 18.2 Å². The van der Waals surface area contributed by atoms with E-state index in [9.17, 15) is 9.18 Å². The van der Waals surface area contributed by atoms with E-state index >= 15 is 0 Å². The molecule has 1 heterocycles. The van der Waals surface area contributed by atoms with Crippen molar-refractivity contribution < 1.29 is 13.9 Å². The standard InChI is InChI=1S/C16H19FO3/c1-2-3-8-20-15-5-4-13(17)11-14(16(15)18)12-6-9-19-10-7-12/h4-6,11H,2-3,7-10H2,1H3. The van der Waals surface area contributed by atoms with Gasteiger partial charge in [-0.05, 0) is 36.6 Å². The molecule has 0 fully saturated rings. The average molecular weight is 278 g/mol. The van der Waals surface area contributed by atoms with Crippen LogP contribution < -0.4 is 10.2 Å². The number of hydrogen-bond donors (Lipinski definition) is 0. The van der Waals surface area contributed by atoms with Crippen LogP contribution in [0.5, 0.6) is 5.75 Å². The summed E-state index contributed by atoms with van der Waals surface area (Å²) < 4.78 is 24.4. The van der Waals surface area contributed by atoms with Crippen molar-refractivity contribution in [2.45, 2.75) is 26.2 Å². The Morgan fingerprint density at radius 2 is 2.25 bits per heavy atom. The first-order chi connectivity index (χ1) is 9.72. The summed E-state index contributed by atoms with van der Waals surface area (Å²) >= 11 is 0. The van der Waals surface area contributed by atoms with Gasteiger partial charge in [-0.25, -0.2) is 4.39 Å². The fourth-order valence-electron chi connectivity index (χ4n) is 2.07. The van der Waals surface area contributed by atoms with E-state index in [1.807, 2.05) is 13.0 Å². The maximum Gasteiger partial charge on any atom is 0.227 e. The van der Waals surface area contributed by atoms with Gasteiger partial charge in [-0.3, -0.25) is 4.79 Å². The molecule has 4 heteroatoms. The predicted octanol–water partition coefficient (Wildman–Crippen LogP) is 3.17. The SMILES string of the molecule is CCCCOc1ccc(F)cc(C2=CCOCC2)c1=O. The summed E-state index contributed by atoms with van der Waals surface area (Å²) in [7, 11) is 0. The minimum Gasteiger partial charge on any atom is -0.489 e. The summed E-state index contributed by atoms with van der Waals surface area (Å²) in [5.74, 6) is -0.223. The molecule has 1 aliphatic rings. The molecule has 0 aromatic heterocycles. The first kappa shape index (κ1) is 14.7. The van der Waals surface area contributed by atoms with Gasteiger partial charge in [-0.2, -0.15) is 0 Å². The van der Waals surface area contributed by atoms with Crippen molar-refractivity contribution in [3.63, 3.8) is 0 Å². The number of rotatable bonds is 5. The van der Waals surface area contributed by atoms with Gasteiger partial charge in [-0.1, -0.05) is 19.4 Å². The van der Waals surface area contributed by atoms with E-state index in [2.05, 4.69) is 0 Å². The number of ether oxygens (including phenoxy) is 2. The van der Waals surface area contributed by atoms with E-state index in [0.717, 1.165) is 18.4 Å². The van der Waals surface area contributed by atoms with Gasteiger partial charge < -0.3 is 9.47 Å². The van der Waals surface area contributed by atoms with Crippen LogP contribution >= 0.6 is 0 Å². The third kappa shape index (κ3) is 3.67. The highest BCUT2D eigenvalue weighted by atomic mass is 19.1. The van der Waals surface area contributed by atoms with Gasteiger partial charge in [0.05, 0.1) is 19.8 Å². The molecule has 0 aliphatic carbocycles. The lowest BCUT2D eigenvalue weighted by atomic mass is 10.0. The molecule has 0 saturated heterocycles. The van der Waals surface area contributed by atoms with Crippen LogP contribution in [0.1, 0.15) is 31.7 Å². The second kappa shape index (κ2) is 7.20. The first-order valence-electron chi connectivity index (χ1n) is 6.96. The molecular weight excluding hydrogens is 259 g/mol. The lowest BCUT2D eigenvalue weighted by molar-refractivity contribution is 0.161. The van der Waals surface area contributed by atoms with Crippen molar-refractivity contribution in [3.8, 4) is 5.75 Å². The van der Waals surface area contributed by atoms with Crippen LogP contribution in [0.25, 0.3) is 5.57 Å². The normalized spacial score (nSPS) is 14.8. The topological polar surface area (TPSA) is 35.5 Å². The summed E-state index contributed by atoms with van der Waals surface area (Å²) in [6, 6.07) is 3.97. The summed E-state index contributed by atoms with van der Waals surface area (Å²) in [6.45, 7) is 3.53. The van der Waals surface area contributed by atoms with Crippen LogP contribution in [-0.2, 0) is 4.74 Å². The van der Waals surface area contributed by atoms with E-state index in [-0.39, 0.29) is 11.2 Å². The maximum atomic E-state index is 13.7. The van der Waals surface area contributed by atoms with E-state index in [0.29, 0.717) is 31.8 Å². The summed E-state index contributed by atoms with van der Waals surface area (Å²) in [5, 5.41) is 0. The summed E-state index contributed by atoms with van der Waals surface area (Å²) in [4.78, 5) is 12.4. The van der Waals surface area contributed by atoms with Crippen LogP contribution in [0.2, 0.25) is 0 Å². The van der Waals surface area contributed by atoms with E-state index < -0.39 is 5.82 Å². The Balaban J connectivity index is 2.38. The van der Waals surface area contributed by atoms with Crippen LogP contribution in [0.15, 0.2) is 29.1 Å². The third-order valence-electron chi connectivity index (χ3n) is 3.21. The molecule has 0 atom stereocenters. The molecule has 0 bridgehead atoms. The lowest BCUT2D eigenvalue weighted by Crippen LogP contribution is -2.13. The highest BCUT2D eigenvalue weighted by molar-refractivity contribution is 5.66. The van der Waals surface area contributed by atoms with Gasteiger partial charge in [0.15, 0.2) is 5.75 Å². The van der Waals surface area contributed by atoms with Gasteiger partial charge in [-0.15, -0.1) is 0 Å². The minimum atomic E-state index is -0.435. The monoisotopic (exact) mass is 278 g/mol. The fraction of sp³-hybridized carbons (Fsp3) is 0.438. The van der Waals surface area contributed by atoms with Gasteiger partial charge in [0, 0.05) is 5.56 Å². The molecule has 1 aromatic rings. The number of hydrogen-bond acceptors (Lipinski definition) is 3. The van der Waals surface area contributed by atoms with Crippen LogP contribution in [0.3, 0.4) is 0 Å². The second-order valence-electron chi connectivity index (χ2n) is 4.73. The molecular formula is C16H19FO3. The molecule has 1 aliphatic heterocycles. The van der Waals surface area contributed by atoms with Gasteiger partial charge in [0.25, 0.3) is 0 Å². The lowest BCUT2D eigenvalue weighted by Gasteiger charge is -2.12. The maximum absolute atomic E-state index is 13.7. The molecule has 0 radical (unpaired) electrons. The highest BCUT2D eigenvalue weighted by Gasteiger charge is 2.13. The molecule has 0 saturated carbocycles. The molecule has 0 amide bonds. The Morgan fingerprint density at radius 3 is 2.95 bits per heavy atom. The Bertz CT molecular complexity index is 552. The molecule has 0 spiro atoms. The van der Waals surface area contributed by atoms with Crippen LogP contribution in [0, 0.1) is 5.82 Å². The molecule has 20 heavy (non-hydrogen) atoms. The zero-order valence-corrected chi connectivity index (χ0v) is 11.7. The van der Waals surface area contributed by atoms with Gasteiger partial charge >= 0.3 is 0 Å². The van der Waals surface area contributed by atoms with E-state index in [1.54, 1.807) is 0 Å². The zero-order chi connectivity index (χ0) is 14.4. The predicted molar refractivity (Wildman–Crippen MR) is 76.5 cm³/mol. The second-order valence-corrected chi connectivity index (χ2v) is 4.73. The fourth-order valence-corrected chi connectivity index (χ4v) is 2.07. The van der Waals surface area contributed by atoms with Gasteiger partial charge in [0.2, 0.25) is 5.43 Å². The number of unbranched alkanes of at least 4 members (excludes halogenated alkanes) is 1. The van der Waals surface area contributed by atoms with Gasteiger partial charge in [0.1, 0.15) is 5.82 Å². The zero-order valence-electron chi connectivity index (χ0n) is 11.7. The Morgan fingerprint density at radius 1 is 1.40 bits per heavy atom. The largest absolute Gasteiger partial charge is 0.489 e. The quantitative estimate of drug-likeness (QED) is 0.776. The first-order valence-corrected chi connectivity index (χ1v) is 6.96. The molecule has 108 valence electrons. The van der Waals surface area contributed by atoms with Crippen molar-refractivity contribution in [1.29, 1.82) is 0 Å². The van der Waals surface area contributed by atoms with Crippen molar-refractivity contribution >= 4 is 5.57 Å². The molecule has 2 rings (SSSR count). The molecule has 0 N–H and O–H groups in total. The average Bonchev–Trinajstić information content (AvgIpc) is 2.61. The molecule has 1 aromatic carbocycles. The summed E-state index contributed by atoms with van der Waals surface area (Å²) in [5.41, 5.74) is 0.956. The minimum absolute atomic E-state index is 0.213. The third-order valence-corrected chi connectivity index (χ3v) is 3.21. The smallest absolute Gasteiger partial charge is 0.227 e. The van der Waals surface area contributed by atoms with Crippen LogP contribution in [-0.4, -0.2) is 19.8 Å². The molecule has 0 unspecified atom stereocenters. The Labute approximate surface area is 118 Å². The summed E-state index contributed by atoms with van der Waals surface area (Å²) in [6.07, 6.45) is 4.30. The van der Waals surface area contributed by atoms with Crippen molar-refractivity contribution in [2.24, 2.45) is 0 Å². The van der Waals surface area contributed by atoms with Crippen molar-refractivity contribution in [1.82, 2.24) is 0 Å². The Kier molecular flexibility index (Phi) is 5.30. The van der Waals surface area contributed by atoms with Crippen LogP contribution in [0.4, 0.5) is 4.39 Å². The Hall–Kier alpha value is -1.68. The van der Waals surface area contributed by atoms with Crippen molar-refractivity contribution in [2.75, 3.05) is 19.8 Å². The van der Waals surface area contributed by atoms with Crippen molar-refractivity contribution in [3.05, 3.63) is 45.9 Å². The highest BCUT2D eigenvalue weighted by Crippen LogP contribution is 2.20. The number of halogens is 1. The molecule has 3 nitrogen and oxygen atoms in total. The van der Waals surface area contributed by atoms with E-state index in [4.69, 9.17) is 9.47 Å².